The van der Waals surface area contributed by atoms with Gasteiger partial charge in [-0.3, -0.25) is 0 Å². The van der Waals surface area contributed by atoms with Crippen molar-refractivity contribution in [1.29, 1.82) is 0 Å². The highest BCUT2D eigenvalue weighted by atomic mass is 31.1. The van der Waals surface area contributed by atoms with Gasteiger partial charge in [-0.05, 0) is 75.8 Å². The number of hydrogen-bond donors (Lipinski definition) is 2. The van der Waals surface area contributed by atoms with Crippen LogP contribution < -0.4 is 15.9 Å². The van der Waals surface area contributed by atoms with Gasteiger partial charge in [-0.25, -0.2) is 0 Å². The second-order valence-electron chi connectivity index (χ2n) is 8.38. The summed E-state index contributed by atoms with van der Waals surface area (Å²) >= 11 is 0. The van der Waals surface area contributed by atoms with Gasteiger partial charge >= 0.3 is 0 Å². The standard InChI is InChI=1S/C28H27O2P/c1-27(2,29)20-18-22-10-14-25(15-11-22)31(24-8-6-5-7-9-24)26-16-12-23(13-17-26)19-21-28(3,4)30/h5-17,29-30H,1-4H3. The molecule has 0 aliphatic heterocycles. The SMILES string of the molecule is CC(C)(O)C#Cc1ccc(P(c2ccccc2)c2ccc(C#CC(C)(C)O)cc2)cc1. The van der Waals surface area contributed by atoms with Crippen molar-refractivity contribution in [3.05, 3.63) is 90.0 Å². The Bertz CT molecular complexity index is 1050. The minimum atomic E-state index is -1.01. The molecule has 0 atom stereocenters. The Morgan fingerprint density at radius 3 is 1.26 bits per heavy atom. The van der Waals surface area contributed by atoms with Gasteiger partial charge in [0.1, 0.15) is 11.2 Å². The van der Waals surface area contributed by atoms with Crippen molar-refractivity contribution in [2.75, 3.05) is 0 Å². The predicted octanol–water partition coefficient (Wildman–Crippen LogP) is 3.69. The molecule has 0 unspecified atom stereocenters. The van der Waals surface area contributed by atoms with Crippen LogP contribution >= 0.6 is 7.92 Å². The van der Waals surface area contributed by atoms with E-state index in [1.165, 1.54) is 15.9 Å². The van der Waals surface area contributed by atoms with Crippen LogP contribution in [0.25, 0.3) is 0 Å². The molecule has 0 fully saturated rings. The summed E-state index contributed by atoms with van der Waals surface area (Å²) in [7, 11) is -0.730. The third-order valence-corrected chi connectivity index (χ3v) is 6.73. The molecular weight excluding hydrogens is 399 g/mol. The van der Waals surface area contributed by atoms with Crippen molar-refractivity contribution in [3.63, 3.8) is 0 Å². The molecule has 0 bridgehead atoms. The summed E-state index contributed by atoms with van der Waals surface area (Å²) in [4.78, 5) is 0. The number of rotatable bonds is 3. The van der Waals surface area contributed by atoms with Gasteiger partial charge in [0.25, 0.3) is 0 Å². The molecule has 0 aliphatic carbocycles. The van der Waals surface area contributed by atoms with Crippen LogP contribution in [0.1, 0.15) is 38.8 Å². The molecule has 156 valence electrons. The molecular formula is C28H27O2P. The lowest BCUT2D eigenvalue weighted by Gasteiger charge is -2.19. The first kappa shape index (κ1) is 22.8. The zero-order chi connectivity index (χ0) is 22.5. The average Bonchev–Trinajstić information content (AvgIpc) is 2.72. The fourth-order valence-corrected chi connectivity index (χ4v) is 5.12. The quantitative estimate of drug-likeness (QED) is 0.496. The summed E-state index contributed by atoms with van der Waals surface area (Å²) in [5.74, 6) is 11.8. The summed E-state index contributed by atoms with van der Waals surface area (Å²) in [6.45, 7) is 6.72. The van der Waals surface area contributed by atoms with Crippen LogP contribution in [-0.4, -0.2) is 21.4 Å². The molecule has 0 heterocycles. The van der Waals surface area contributed by atoms with Gasteiger partial charge in [-0.1, -0.05) is 78.3 Å². The molecule has 3 aromatic carbocycles. The Hall–Kier alpha value is -2.87. The number of hydrogen-bond acceptors (Lipinski definition) is 2. The van der Waals surface area contributed by atoms with E-state index in [4.69, 9.17) is 0 Å². The third-order valence-electron chi connectivity index (χ3n) is 4.29. The molecule has 0 aromatic heterocycles. The lowest BCUT2D eigenvalue weighted by atomic mass is 10.1. The van der Waals surface area contributed by atoms with Crippen molar-refractivity contribution in [2.45, 2.75) is 38.9 Å². The molecule has 2 nitrogen and oxygen atoms in total. The van der Waals surface area contributed by atoms with Crippen LogP contribution in [0.3, 0.4) is 0 Å². The fraction of sp³-hybridized carbons (Fsp3) is 0.214. The zero-order valence-electron chi connectivity index (χ0n) is 18.3. The first-order chi connectivity index (χ1) is 14.6. The van der Waals surface area contributed by atoms with E-state index < -0.39 is 19.1 Å². The predicted molar refractivity (Wildman–Crippen MR) is 131 cm³/mol. The average molecular weight is 426 g/mol. The molecule has 0 saturated carbocycles. The van der Waals surface area contributed by atoms with Crippen LogP contribution in [0.15, 0.2) is 78.9 Å². The van der Waals surface area contributed by atoms with Gasteiger partial charge in [-0.15, -0.1) is 0 Å². The van der Waals surface area contributed by atoms with E-state index in [1.807, 2.05) is 30.3 Å². The minimum Gasteiger partial charge on any atom is -0.378 e. The monoisotopic (exact) mass is 426 g/mol. The van der Waals surface area contributed by atoms with Crippen LogP contribution in [0.4, 0.5) is 0 Å². The normalized spacial score (nSPS) is 11.3. The Kier molecular flexibility index (Phi) is 7.00. The first-order valence-electron chi connectivity index (χ1n) is 10.2. The Morgan fingerprint density at radius 2 is 0.903 bits per heavy atom. The minimum absolute atomic E-state index is 0.730. The van der Waals surface area contributed by atoms with Gasteiger partial charge in [0, 0.05) is 11.1 Å². The highest BCUT2D eigenvalue weighted by Crippen LogP contribution is 2.32. The lowest BCUT2D eigenvalue weighted by molar-refractivity contribution is 0.143. The van der Waals surface area contributed by atoms with E-state index in [1.54, 1.807) is 27.7 Å². The maximum Gasteiger partial charge on any atom is 0.120 e. The number of benzene rings is 3. The van der Waals surface area contributed by atoms with E-state index in [9.17, 15) is 10.2 Å². The Morgan fingerprint density at radius 1 is 0.548 bits per heavy atom. The summed E-state index contributed by atoms with van der Waals surface area (Å²) < 4.78 is 0. The van der Waals surface area contributed by atoms with E-state index in [2.05, 4.69) is 72.2 Å². The second kappa shape index (κ2) is 9.51. The Labute approximate surface area is 186 Å². The molecule has 0 aliphatic rings. The maximum absolute atomic E-state index is 9.83. The summed E-state index contributed by atoms with van der Waals surface area (Å²) in [5.41, 5.74) is -0.256. The fourth-order valence-electron chi connectivity index (χ4n) is 2.86. The van der Waals surface area contributed by atoms with Crippen LogP contribution in [0.2, 0.25) is 0 Å². The van der Waals surface area contributed by atoms with Crippen LogP contribution in [-0.2, 0) is 0 Å². The molecule has 0 radical (unpaired) electrons. The molecule has 3 aromatic rings. The molecule has 31 heavy (non-hydrogen) atoms. The van der Waals surface area contributed by atoms with E-state index >= 15 is 0 Å². The van der Waals surface area contributed by atoms with Crippen molar-refractivity contribution in [1.82, 2.24) is 0 Å². The molecule has 0 saturated heterocycles. The summed E-state index contributed by atoms with van der Waals surface area (Å²) in [6.07, 6.45) is 0. The molecule has 3 rings (SSSR count). The van der Waals surface area contributed by atoms with E-state index in [0.29, 0.717) is 0 Å². The first-order valence-corrected chi connectivity index (χ1v) is 11.5. The number of aliphatic hydroxyl groups is 2. The molecule has 2 N–H and O–H groups in total. The Balaban J connectivity index is 1.96. The highest BCUT2D eigenvalue weighted by Gasteiger charge is 2.16. The lowest BCUT2D eigenvalue weighted by Crippen LogP contribution is -2.20. The van der Waals surface area contributed by atoms with Crippen molar-refractivity contribution < 1.29 is 10.2 Å². The summed E-state index contributed by atoms with van der Waals surface area (Å²) in [6, 6.07) is 27.0. The topological polar surface area (TPSA) is 40.5 Å². The van der Waals surface area contributed by atoms with Crippen molar-refractivity contribution >= 4 is 23.8 Å². The smallest absolute Gasteiger partial charge is 0.120 e. The van der Waals surface area contributed by atoms with Crippen LogP contribution in [0.5, 0.6) is 0 Å². The van der Waals surface area contributed by atoms with Gasteiger partial charge in [0.15, 0.2) is 0 Å². The van der Waals surface area contributed by atoms with Crippen molar-refractivity contribution in [3.8, 4) is 23.7 Å². The van der Waals surface area contributed by atoms with Crippen molar-refractivity contribution in [2.24, 2.45) is 0 Å². The summed E-state index contributed by atoms with van der Waals surface area (Å²) in [5, 5.41) is 23.4. The van der Waals surface area contributed by atoms with Gasteiger partial charge in [-0.2, -0.15) is 0 Å². The molecule has 0 amide bonds. The molecule has 0 spiro atoms. The molecule has 3 heteroatoms. The zero-order valence-corrected chi connectivity index (χ0v) is 19.2. The van der Waals surface area contributed by atoms with Gasteiger partial charge < -0.3 is 10.2 Å². The van der Waals surface area contributed by atoms with E-state index in [-0.39, 0.29) is 0 Å². The van der Waals surface area contributed by atoms with E-state index in [0.717, 1.165) is 11.1 Å². The largest absolute Gasteiger partial charge is 0.378 e. The van der Waals surface area contributed by atoms with Crippen LogP contribution in [0, 0.1) is 23.7 Å². The second-order valence-corrected chi connectivity index (χ2v) is 10.6. The maximum atomic E-state index is 9.83. The van der Waals surface area contributed by atoms with Gasteiger partial charge in [0.2, 0.25) is 0 Å². The third kappa shape index (κ3) is 7.10. The highest BCUT2D eigenvalue weighted by molar-refractivity contribution is 7.79. The van der Waals surface area contributed by atoms with Gasteiger partial charge in [0.05, 0.1) is 0 Å².